The van der Waals surface area contributed by atoms with Gasteiger partial charge in [0.15, 0.2) is 6.10 Å². The Morgan fingerprint density at radius 2 is 1.50 bits per heavy atom. The van der Waals surface area contributed by atoms with Gasteiger partial charge in [0, 0.05) is 5.56 Å². The van der Waals surface area contributed by atoms with Crippen LogP contribution < -0.4 is 20.3 Å². The summed E-state index contributed by atoms with van der Waals surface area (Å²) in [5.41, 5.74) is 6.46. The Morgan fingerprint density at radius 3 is 2.07 bits per heavy atom. The zero-order chi connectivity index (χ0) is 20.5. The van der Waals surface area contributed by atoms with Gasteiger partial charge in [0.25, 0.3) is 11.8 Å². The Hall–Kier alpha value is -3.02. The number of hydrogen-bond acceptors (Lipinski definition) is 4. The van der Waals surface area contributed by atoms with Gasteiger partial charge in [-0.1, -0.05) is 26.0 Å². The predicted octanol–water partition coefficient (Wildman–Crippen LogP) is 3.51. The van der Waals surface area contributed by atoms with E-state index in [1.807, 2.05) is 19.1 Å². The predicted molar refractivity (Wildman–Crippen MR) is 108 cm³/mol. The van der Waals surface area contributed by atoms with Crippen LogP contribution in [0, 0.1) is 5.92 Å². The molecule has 2 aromatic carbocycles. The van der Waals surface area contributed by atoms with E-state index in [2.05, 4.69) is 24.7 Å². The fourth-order valence-corrected chi connectivity index (χ4v) is 2.59. The monoisotopic (exact) mass is 384 g/mol. The molecule has 150 valence electrons. The second kappa shape index (κ2) is 10.3. The number of amides is 2. The number of benzene rings is 2. The summed E-state index contributed by atoms with van der Waals surface area (Å²) in [7, 11) is 0. The maximum atomic E-state index is 12.2. The molecule has 6 heteroatoms. The van der Waals surface area contributed by atoms with Crippen LogP contribution in [0.25, 0.3) is 0 Å². The summed E-state index contributed by atoms with van der Waals surface area (Å²) < 4.78 is 10.9. The molecule has 0 aliphatic carbocycles. The zero-order valence-electron chi connectivity index (χ0n) is 16.8. The number of nitrogens with one attached hydrogen (secondary N) is 2. The minimum atomic E-state index is -0.772. The topological polar surface area (TPSA) is 76.7 Å². The van der Waals surface area contributed by atoms with Crippen molar-refractivity contribution in [3.63, 3.8) is 0 Å². The minimum Gasteiger partial charge on any atom is -0.494 e. The summed E-state index contributed by atoms with van der Waals surface area (Å²) in [5, 5.41) is 0. The van der Waals surface area contributed by atoms with Crippen molar-refractivity contribution in [2.75, 3.05) is 6.61 Å². The normalized spacial score (nSPS) is 11.6. The molecular weight excluding hydrogens is 356 g/mol. The lowest BCUT2D eigenvalue weighted by Gasteiger charge is -2.15. The molecule has 28 heavy (non-hydrogen) atoms. The van der Waals surface area contributed by atoms with Crippen molar-refractivity contribution in [2.45, 2.75) is 40.2 Å². The van der Waals surface area contributed by atoms with E-state index in [4.69, 9.17) is 9.47 Å². The van der Waals surface area contributed by atoms with E-state index >= 15 is 0 Å². The second-order valence-corrected chi connectivity index (χ2v) is 6.90. The lowest BCUT2D eigenvalue weighted by atomic mass is 10.0. The number of hydrogen-bond donors (Lipinski definition) is 2. The Morgan fingerprint density at radius 1 is 0.893 bits per heavy atom. The van der Waals surface area contributed by atoms with Gasteiger partial charge in [-0.3, -0.25) is 20.4 Å². The summed E-state index contributed by atoms with van der Waals surface area (Å²) in [6.07, 6.45) is 0.186. The summed E-state index contributed by atoms with van der Waals surface area (Å²) in [5.74, 6) is 1.00. The maximum Gasteiger partial charge on any atom is 0.279 e. The number of carbonyl (C=O) groups excluding carboxylic acids is 2. The Bertz CT molecular complexity index is 770. The van der Waals surface area contributed by atoms with Crippen molar-refractivity contribution < 1.29 is 19.1 Å². The number of hydrazine groups is 1. The van der Waals surface area contributed by atoms with Crippen LogP contribution in [-0.4, -0.2) is 24.5 Å². The van der Waals surface area contributed by atoms with Crippen LogP contribution in [0.15, 0.2) is 48.5 Å². The number of ether oxygens (including phenoxy) is 2. The first-order valence-electron chi connectivity index (χ1n) is 9.47. The van der Waals surface area contributed by atoms with Crippen LogP contribution in [0.1, 0.15) is 43.6 Å². The van der Waals surface area contributed by atoms with E-state index in [0.29, 0.717) is 23.8 Å². The van der Waals surface area contributed by atoms with Gasteiger partial charge in [-0.2, -0.15) is 0 Å². The van der Waals surface area contributed by atoms with Gasteiger partial charge in [0.2, 0.25) is 0 Å². The third-order valence-corrected chi connectivity index (χ3v) is 3.98. The largest absolute Gasteiger partial charge is 0.494 e. The number of carbonyl (C=O) groups is 2. The van der Waals surface area contributed by atoms with E-state index in [0.717, 1.165) is 12.2 Å². The molecule has 0 aliphatic rings. The Balaban J connectivity index is 1.82. The van der Waals surface area contributed by atoms with E-state index < -0.39 is 12.0 Å². The molecule has 2 rings (SSSR count). The molecule has 2 amide bonds. The fraction of sp³-hybridized carbons (Fsp3) is 0.364. The molecule has 0 unspecified atom stereocenters. The summed E-state index contributed by atoms with van der Waals surface area (Å²) in [6.45, 7) is 8.39. The van der Waals surface area contributed by atoms with E-state index in [1.165, 1.54) is 5.56 Å². The zero-order valence-corrected chi connectivity index (χ0v) is 16.8. The smallest absolute Gasteiger partial charge is 0.279 e. The van der Waals surface area contributed by atoms with Gasteiger partial charge in [-0.05, 0) is 68.1 Å². The van der Waals surface area contributed by atoms with Crippen LogP contribution in [0.5, 0.6) is 11.5 Å². The number of rotatable bonds is 8. The highest BCUT2D eigenvalue weighted by molar-refractivity contribution is 5.95. The molecule has 1 atom stereocenters. The lowest BCUT2D eigenvalue weighted by molar-refractivity contribution is -0.128. The molecule has 2 N–H and O–H groups in total. The lowest BCUT2D eigenvalue weighted by Crippen LogP contribution is -2.47. The molecule has 0 aromatic heterocycles. The molecule has 0 radical (unpaired) electrons. The highest BCUT2D eigenvalue weighted by atomic mass is 16.5. The first-order chi connectivity index (χ1) is 13.4. The molecule has 0 spiro atoms. The van der Waals surface area contributed by atoms with E-state index in [9.17, 15) is 9.59 Å². The first-order valence-corrected chi connectivity index (χ1v) is 9.47. The van der Waals surface area contributed by atoms with E-state index in [-0.39, 0.29) is 5.91 Å². The highest BCUT2D eigenvalue weighted by Gasteiger charge is 2.16. The SMILES string of the molecule is CCOc1ccc(O[C@H](C)C(=O)NNC(=O)c2ccc(CC(C)C)cc2)cc1. The van der Waals surface area contributed by atoms with Crippen LogP contribution in [0.2, 0.25) is 0 Å². The van der Waals surface area contributed by atoms with Gasteiger partial charge >= 0.3 is 0 Å². The maximum absolute atomic E-state index is 12.2. The molecule has 0 bridgehead atoms. The molecular formula is C22H28N2O4. The third kappa shape index (κ3) is 6.61. The average Bonchev–Trinajstić information content (AvgIpc) is 2.67. The van der Waals surface area contributed by atoms with Gasteiger partial charge < -0.3 is 9.47 Å². The van der Waals surface area contributed by atoms with Gasteiger partial charge in [-0.15, -0.1) is 0 Å². The minimum absolute atomic E-state index is 0.377. The molecule has 6 nitrogen and oxygen atoms in total. The standard InChI is InChI=1S/C22H28N2O4/c1-5-27-19-10-12-20(13-11-19)28-16(4)21(25)23-24-22(26)18-8-6-17(7-9-18)14-15(2)3/h6-13,15-16H,5,14H2,1-4H3,(H,23,25)(H,24,26)/t16-/m1/s1. The molecule has 2 aromatic rings. The van der Waals surface area contributed by atoms with Crippen molar-refractivity contribution in [3.05, 3.63) is 59.7 Å². The summed E-state index contributed by atoms with van der Waals surface area (Å²) in [6, 6.07) is 14.3. The van der Waals surface area contributed by atoms with E-state index in [1.54, 1.807) is 43.3 Å². The van der Waals surface area contributed by atoms with Crippen molar-refractivity contribution in [1.82, 2.24) is 10.9 Å². The van der Waals surface area contributed by atoms with Crippen LogP contribution in [-0.2, 0) is 11.2 Å². The van der Waals surface area contributed by atoms with Crippen molar-refractivity contribution in [2.24, 2.45) is 5.92 Å². The van der Waals surface area contributed by atoms with Crippen molar-refractivity contribution in [1.29, 1.82) is 0 Å². The van der Waals surface area contributed by atoms with Crippen LogP contribution >= 0.6 is 0 Å². The molecule has 0 fully saturated rings. The van der Waals surface area contributed by atoms with Crippen LogP contribution in [0.4, 0.5) is 0 Å². The summed E-state index contributed by atoms with van der Waals surface area (Å²) >= 11 is 0. The van der Waals surface area contributed by atoms with Crippen molar-refractivity contribution >= 4 is 11.8 Å². The molecule has 0 saturated carbocycles. The Labute approximate surface area is 166 Å². The first kappa shape index (κ1) is 21.3. The summed E-state index contributed by atoms with van der Waals surface area (Å²) in [4.78, 5) is 24.3. The Kier molecular flexibility index (Phi) is 7.87. The van der Waals surface area contributed by atoms with Gasteiger partial charge in [0.1, 0.15) is 11.5 Å². The van der Waals surface area contributed by atoms with Gasteiger partial charge in [0.05, 0.1) is 6.61 Å². The average molecular weight is 384 g/mol. The van der Waals surface area contributed by atoms with Gasteiger partial charge in [-0.25, -0.2) is 0 Å². The third-order valence-electron chi connectivity index (χ3n) is 3.98. The highest BCUT2D eigenvalue weighted by Crippen LogP contribution is 2.18. The quantitative estimate of drug-likeness (QED) is 0.683. The van der Waals surface area contributed by atoms with Crippen LogP contribution in [0.3, 0.4) is 0 Å². The second-order valence-electron chi connectivity index (χ2n) is 6.90. The van der Waals surface area contributed by atoms with Crippen molar-refractivity contribution in [3.8, 4) is 11.5 Å². The molecule has 0 aliphatic heterocycles. The fourth-order valence-electron chi connectivity index (χ4n) is 2.59. The molecule has 0 heterocycles. The molecule has 0 saturated heterocycles.